The van der Waals surface area contributed by atoms with Gasteiger partial charge in [-0.1, -0.05) is 11.2 Å². The highest BCUT2D eigenvalue weighted by Gasteiger charge is 2.62. The minimum absolute atomic E-state index is 0.240. The van der Waals surface area contributed by atoms with E-state index in [2.05, 4.69) is 20.4 Å². The minimum atomic E-state index is -1.43. The molecule has 2 saturated heterocycles. The van der Waals surface area contributed by atoms with Crippen molar-refractivity contribution >= 4 is 5.65 Å². The molecule has 0 bridgehead atoms. The van der Waals surface area contributed by atoms with Crippen molar-refractivity contribution in [3.63, 3.8) is 0 Å². The van der Waals surface area contributed by atoms with Crippen LogP contribution in [0.4, 0.5) is 4.39 Å². The summed E-state index contributed by atoms with van der Waals surface area (Å²) in [5, 5.41) is 7.23. The van der Waals surface area contributed by atoms with E-state index < -0.39 is 11.1 Å². The Morgan fingerprint density at radius 2 is 2.24 bits per heavy atom. The Labute approximate surface area is 143 Å². The van der Waals surface area contributed by atoms with Gasteiger partial charge in [-0.3, -0.25) is 4.40 Å². The number of rotatable bonds is 2. The molecule has 5 rings (SSSR count). The molecule has 8 heteroatoms. The van der Waals surface area contributed by atoms with Gasteiger partial charge in [0.25, 0.3) is 0 Å². The van der Waals surface area contributed by atoms with Gasteiger partial charge in [-0.15, -0.1) is 0 Å². The molecule has 0 unspecified atom stereocenters. The molecular weight excluding hydrogens is 325 g/mol. The highest BCUT2D eigenvalue weighted by Crippen LogP contribution is 2.46. The highest BCUT2D eigenvalue weighted by molar-refractivity contribution is 5.57. The molecular formula is C17H18FN5O2. The molecule has 3 aromatic heterocycles. The SMILES string of the molecule is Cc1ccc2ncc(-c3noc([C@]45CNC[C@@]4(F)CCOC5)n3)n2c1. The van der Waals surface area contributed by atoms with E-state index in [9.17, 15) is 0 Å². The molecule has 5 heterocycles. The average molecular weight is 343 g/mol. The average Bonchev–Trinajstić information content (AvgIpc) is 3.29. The first-order valence-electron chi connectivity index (χ1n) is 8.37. The van der Waals surface area contributed by atoms with E-state index >= 15 is 4.39 Å². The number of imidazole rings is 1. The minimum Gasteiger partial charge on any atom is -0.380 e. The Bertz CT molecular complexity index is 954. The van der Waals surface area contributed by atoms with Crippen LogP contribution in [0.1, 0.15) is 17.9 Å². The zero-order valence-corrected chi connectivity index (χ0v) is 13.8. The monoisotopic (exact) mass is 343 g/mol. The van der Waals surface area contributed by atoms with Crippen LogP contribution in [0, 0.1) is 6.92 Å². The van der Waals surface area contributed by atoms with E-state index in [1.807, 2.05) is 29.7 Å². The van der Waals surface area contributed by atoms with Gasteiger partial charge in [-0.2, -0.15) is 4.98 Å². The van der Waals surface area contributed by atoms with Gasteiger partial charge in [0.15, 0.2) is 0 Å². The standard InChI is InChI=1S/C17H18FN5O2/c1-11-2-3-13-20-6-12(23(13)7-11)14-21-15(25-22-14)16-8-19-9-17(16,18)4-5-24-10-16/h2-3,6-7,19H,4-5,8-10H2,1H3/t16-,17+/m1/s1. The van der Waals surface area contributed by atoms with Gasteiger partial charge in [0.05, 0.1) is 12.8 Å². The number of nitrogens with zero attached hydrogens (tertiary/aromatic N) is 4. The maximum atomic E-state index is 15.5. The molecule has 130 valence electrons. The van der Waals surface area contributed by atoms with Gasteiger partial charge >= 0.3 is 0 Å². The zero-order chi connectivity index (χ0) is 17.1. The summed E-state index contributed by atoms with van der Waals surface area (Å²) < 4.78 is 28.5. The Kier molecular flexibility index (Phi) is 3.05. The number of pyridine rings is 1. The zero-order valence-electron chi connectivity index (χ0n) is 13.8. The molecule has 2 aliphatic rings. The lowest BCUT2D eigenvalue weighted by molar-refractivity contribution is -0.0679. The van der Waals surface area contributed by atoms with Crippen molar-refractivity contribution in [2.75, 3.05) is 26.3 Å². The Morgan fingerprint density at radius 3 is 3.16 bits per heavy atom. The van der Waals surface area contributed by atoms with E-state index in [1.165, 1.54) is 0 Å². The number of aromatic nitrogens is 4. The van der Waals surface area contributed by atoms with Crippen molar-refractivity contribution in [3.8, 4) is 11.5 Å². The summed E-state index contributed by atoms with van der Waals surface area (Å²) in [7, 11) is 0. The summed E-state index contributed by atoms with van der Waals surface area (Å²) in [5.74, 6) is 0.694. The van der Waals surface area contributed by atoms with Gasteiger partial charge < -0.3 is 14.6 Å². The first-order chi connectivity index (χ1) is 12.1. The predicted molar refractivity (Wildman–Crippen MR) is 87.0 cm³/mol. The van der Waals surface area contributed by atoms with Crippen molar-refractivity contribution in [3.05, 3.63) is 36.0 Å². The van der Waals surface area contributed by atoms with Crippen molar-refractivity contribution in [1.29, 1.82) is 0 Å². The van der Waals surface area contributed by atoms with Crippen molar-refractivity contribution < 1.29 is 13.7 Å². The number of ether oxygens (including phenoxy) is 1. The second kappa shape index (κ2) is 5.09. The number of halogens is 1. The van der Waals surface area contributed by atoms with E-state index in [-0.39, 0.29) is 19.0 Å². The summed E-state index contributed by atoms with van der Waals surface area (Å²) in [5.41, 5.74) is 0.265. The highest BCUT2D eigenvalue weighted by atomic mass is 19.1. The summed E-state index contributed by atoms with van der Waals surface area (Å²) in [6.45, 7) is 3.36. The number of alkyl halides is 1. The summed E-state index contributed by atoms with van der Waals surface area (Å²) >= 11 is 0. The first kappa shape index (κ1) is 15.0. The molecule has 0 spiro atoms. The smallest absolute Gasteiger partial charge is 0.240 e. The fraction of sp³-hybridized carbons (Fsp3) is 0.471. The van der Waals surface area contributed by atoms with Gasteiger partial charge in [0, 0.05) is 32.3 Å². The molecule has 0 aromatic carbocycles. The molecule has 2 aliphatic heterocycles. The maximum Gasteiger partial charge on any atom is 0.240 e. The summed E-state index contributed by atoms with van der Waals surface area (Å²) in [6.07, 6.45) is 3.99. The second-order valence-electron chi connectivity index (χ2n) is 6.95. The molecule has 1 N–H and O–H groups in total. The van der Waals surface area contributed by atoms with Crippen LogP contribution in [0.5, 0.6) is 0 Å². The fourth-order valence-electron chi connectivity index (χ4n) is 3.89. The van der Waals surface area contributed by atoms with E-state index in [1.54, 1.807) is 6.20 Å². The van der Waals surface area contributed by atoms with Crippen molar-refractivity contribution in [1.82, 2.24) is 24.8 Å². The first-order valence-corrected chi connectivity index (χ1v) is 8.37. The topological polar surface area (TPSA) is 77.5 Å². The van der Waals surface area contributed by atoms with E-state index in [0.29, 0.717) is 25.4 Å². The van der Waals surface area contributed by atoms with E-state index in [4.69, 9.17) is 9.26 Å². The van der Waals surface area contributed by atoms with Crippen LogP contribution < -0.4 is 5.32 Å². The van der Waals surface area contributed by atoms with Crippen molar-refractivity contribution in [2.45, 2.75) is 24.4 Å². The van der Waals surface area contributed by atoms with E-state index in [0.717, 1.165) is 16.9 Å². The van der Waals surface area contributed by atoms with Gasteiger partial charge in [-0.25, -0.2) is 9.37 Å². The van der Waals surface area contributed by atoms with Crippen LogP contribution in [-0.2, 0) is 10.2 Å². The molecule has 0 aliphatic carbocycles. The summed E-state index contributed by atoms with van der Waals surface area (Å²) in [4.78, 5) is 8.90. The van der Waals surface area contributed by atoms with Gasteiger partial charge in [0.2, 0.25) is 11.7 Å². The normalized spacial score (nSPS) is 29.2. The number of hydrogen-bond donors (Lipinski definition) is 1. The molecule has 2 atom stereocenters. The molecule has 3 aromatic rings. The number of nitrogens with one attached hydrogen (secondary N) is 1. The number of hydrogen-bond acceptors (Lipinski definition) is 6. The van der Waals surface area contributed by atoms with Gasteiger partial charge in [-0.05, 0) is 18.6 Å². The fourth-order valence-corrected chi connectivity index (χ4v) is 3.89. The maximum absolute atomic E-state index is 15.5. The van der Waals surface area contributed by atoms with Crippen LogP contribution >= 0.6 is 0 Å². The molecule has 7 nitrogen and oxygen atoms in total. The third-order valence-electron chi connectivity index (χ3n) is 5.40. The van der Waals surface area contributed by atoms with Crippen LogP contribution in [0.3, 0.4) is 0 Å². The van der Waals surface area contributed by atoms with Crippen LogP contribution in [-0.4, -0.2) is 51.5 Å². The molecule has 0 amide bonds. The van der Waals surface area contributed by atoms with Crippen LogP contribution in [0.2, 0.25) is 0 Å². The molecule has 2 fully saturated rings. The summed E-state index contributed by atoms with van der Waals surface area (Å²) in [6, 6.07) is 3.93. The number of aryl methyl sites for hydroxylation is 1. The number of fused-ring (bicyclic) bond motifs is 2. The lowest BCUT2D eigenvalue weighted by Crippen LogP contribution is -2.54. The van der Waals surface area contributed by atoms with Crippen LogP contribution in [0.25, 0.3) is 17.2 Å². The lowest BCUT2D eigenvalue weighted by Gasteiger charge is -2.39. The Morgan fingerprint density at radius 1 is 1.32 bits per heavy atom. The molecule has 0 radical (unpaired) electrons. The third-order valence-corrected chi connectivity index (χ3v) is 5.40. The molecule has 25 heavy (non-hydrogen) atoms. The Balaban J connectivity index is 1.60. The van der Waals surface area contributed by atoms with Crippen LogP contribution in [0.15, 0.2) is 29.0 Å². The second-order valence-corrected chi connectivity index (χ2v) is 6.95. The predicted octanol–water partition coefficient (Wildman–Crippen LogP) is 1.66. The van der Waals surface area contributed by atoms with Gasteiger partial charge in [0.1, 0.15) is 22.4 Å². The Hall–Kier alpha value is -2.32. The van der Waals surface area contributed by atoms with Crippen molar-refractivity contribution in [2.24, 2.45) is 0 Å². The largest absolute Gasteiger partial charge is 0.380 e. The lowest BCUT2D eigenvalue weighted by atomic mass is 9.73. The quantitative estimate of drug-likeness (QED) is 0.763. The molecule has 0 saturated carbocycles. The third kappa shape index (κ3) is 2.01.